The first-order valence-corrected chi connectivity index (χ1v) is 1.02. The highest BCUT2D eigenvalue weighted by atomic mass is 16.2. The third-order valence-electron chi connectivity index (χ3n) is 0. The first-order valence-electron chi connectivity index (χ1n) is 1.02. The summed E-state index contributed by atoms with van der Waals surface area (Å²) in [6.07, 6.45) is 0. The normalized spacial score (nSPS) is 3.00. The molecule has 9 N–H and O–H groups in total. The molecule has 0 amide bonds. The predicted molar refractivity (Wildman–Crippen MR) is 26.4 cm³/mol. The molecule has 0 saturated heterocycles. The van der Waals surface area contributed by atoms with E-state index in [0.29, 0.717) is 0 Å². The van der Waals surface area contributed by atoms with Gasteiger partial charge in [-0.25, -0.2) is 0 Å². The molecule has 0 fully saturated rings. The Morgan fingerprint density at radius 1 is 1.33 bits per heavy atom. The van der Waals surface area contributed by atoms with Crippen molar-refractivity contribution in [3.05, 3.63) is 0 Å². The van der Waals surface area contributed by atoms with Gasteiger partial charge >= 0.3 is 0 Å². The fraction of sp³-hybridized carbons (Fsp3) is 1.00. The van der Waals surface area contributed by atoms with Crippen molar-refractivity contribution in [1.29, 1.82) is 0 Å². The SMILES string of the molecule is CCO.N.N.O. The average Bonchev–Trinajstić information content (AvgIpc) is 0.918. The van der Waals surface area contributed by atoms with E-state index >= 15 is 0 Å². The molecule has 0 rings (SSSR count). The summed E-state index contributed by atoms with van der Waals surface area (Å²) >= 11 is 0. The van der Waals surface area contributed by atoms with Crippen LogP contribution in [0.4, 0.5) is 0 Å². The first kappa shape index (κ1) is 40.4. The van der Waals surface area contributed by atoms with Crippen LogP contribution in [0.15, 0.2) is 0 Å². The molecule has 0 atom stereocenters. The van der Waals surface area contributed by atoms with E-state index in [4.69, 9.17) is 5.11 Å². The summed E-state index contributed by atoms with van der Waals surface area (Å²) in [5.74, 6) is 0. The molecule has 0 aliphatic heterocycles. The smallest absolute Gasteiger partial charge is 0.0402 e. The van der Waals surface area contributed by atoms with Gasteiger partial charge < -0.3 is 22.9 Å². The van der Waals surface area contributed by atoms with Crippen LogP contribution in [0, 0.1) is 0 Å². The molecule has 44 valence electrons. The maximum atomic E-state index is 7.57. The van der Waals surface area contributed by atoms with Crippen molar-refractivity contribution in [3.8, 4) is 0 Å². The van der Waals surface area contributed by atoms with E-state index in [1.807, 2.05) is 0 Å². The van der Waals surface area contributed by atoms with E-state index in [0.717, 1.165) is 0 Å². The van der Waals surface area contributed by atoms with E-state index in [9.17, 15) is 0 Å². The Hall–Kier alpha value is -0.160. The summed E-state index contributed by atoms with van der Waals surface area (Å²) < 4.78 is 0. The summed E-state index contributed by atoms with van der Waals surface area (Å²) in [4.78, 5) is 0. The Kier molecular flexibility index (Phi) is 681. The lowest BCUT2D eigenvalue weighted by Crippen LogP contribution is -1.57. The number of rotatable bonds is 0. The Morgan fingerprint density at radius 3 is 1.33 bits per heavy atom. The maximum Gasteiger partial charge on any atom is 0.0402 e. The zero-order valence-electron chi connectivity index (χ0n) is 4.07. The molecule has 0 radical (unpaired) electrons. The Morgan fingerprint density at radius 2 is 1.33 bits per heavy atom. The quantitative estimate of drug-likeness (QED) is 0.378. The third-order valence-corrected chi connectivity index (χ3v) is 0. The summed E-state index contributed by atoms with van der Waals surface area (Å²) in [5.41, 5.74) is 0. The number of aliphatic hydroxyl groups is 1. The van der Waals surface area contributed by atoms with Crippen molar-refractivity contribution in [2.45, 2.75) is 6.92 Å². The summed E-state index contributed by atoms with van der Waals surface area (Å²) in [7, 11) is 0. The molecular formula is C2H14N2O2. The van der Waals surface area contributed by atoms with Crippen molar-refractivity contribution in [1.82, 2.24) is 12.3 Å². The summed E-state index contributed by atoms with van der Waals surface area (Å²) in [6.45, 7) is 1.93. The zero-order valence-corrected chi connectivity index (χ0v) is 4.07. The second-order valence-electron chi connectivity index (χ2n) is 0.316. The molecule has 0 heterocycles. The van der Waals surface area contributed by atoms with Crippen molar-refractivity contribution >= 4 is 0 Å². The molecule has 0 unspecified atom stereocenters. The van der Waals surface area contributed by atoms with Crippen molar-refractivity contribution in [2.75, 3.05) is 6.61 Å². The lowest BCUT2D eigenvalue weighted by molar-refractivity contribution is 0.318. The van der Waals surface area contributed by atoms with Crippen molar-refractivity contribution in [3.63, 3.8) is 0 Å². The minimum Gasteiger partial charge on any atom is -0.412 e. The highest BCUT2D eigenvalue weighted by Gasteiger charge is 1.34. The van der Waals surface area contributed by atoms with Gasteiger partial charge in [-0.15, -0.1) is 0 Å². The van der Waals surface area contributed by atoms with E-state index in [2.05, 4.69) is 0 Å². The van der Waals surface area contributed by atoms with Gasteiger partial charge in [0.2, 0.25) is 0 Å². The highest BCUT2D eigenvalue weighted by molar-refractivity contribution is 3.84. The third kappa shape index (κ3) is 1210. The van der Waals surface area contributed by atoms with Crippen molar-refractivity contribution < 1.29 is 10.6 Å². The van der Waals surface area contributed by atoms with Crippen LogP contribution in [0.5, 0.6) is 0 Å². The van der Waals surface area contributed by atoms with E-state index in [1.165, 1.54) is 0 Å². The predicted octanol–water partition coefficient (Wildman–Crippen LogP) is -0.502. The standard InChI is InChI=1S/C2H6O.2H3N.H2O/c1-2-3;;;/h3H,2H2,1H3;2*1H3;1H2. The molecule has 4 heteroatoms. The molecule has 6 heavy (non-hydrogen) atoms. The van der Waals surface area contributed by atoms with Crippen molar-refractivity contribution in [2.24, 2.45) is 0 Å². The summed E-state index contributed by atoms with van der Waals surface area (Å²) in [5, 5.41) is 7.57. The van der Waals surface area contributed by atoms with Gasteiger partial charge in [0.25, 0.3) is 0 Å². The lowest BCUT2D eigenvalue weighted by Gasteiger charge is -1.52. The topological polar surface area (TPSA) is 122 Å². The van der Waals surface area contributed by atoms with Crippen LogP contribution >= 0.6 is 0 Å². The number of hydrogen-bond acceptors (Lipinski definition) is 3. The maximum absolute atomic E-state index is 7.57. The lowest BCUT2D eigenvalue weighted by atomic mass is 10.9. The Bertz CT molecular complexity index is 9.51. The van der Waals surface area contributed by atoms with E-state index < -0.39 is 0 Å². The molecule has 4 nitrogen and oxygen atoms in total. The zero-order chi connectivity index (χ0) is 2.71. The van der Waals surface area contributed by atoms with Gasteiger partial charge in [-0.3, -0.25) is 0 Å². The molecule has 0 bridgehead atoms. The van der Waals surface area contributed by atoms with Gasteiger partial charge in [-0.05, 0) is 6.92 Å². The fourth-order valence-corrected chi connectivity index (χ4v) is 0. The van der Waals surface area contributed by atoms with Crippen LogP contribution in [0.3, 0.4) is 0 Å². The molecule has 0 aromatic carbocycles. The summed E-state index contributed by atoms with van der Waals surface area (Å²) in [6, 6.07) is 0. The van der Waals surface area contributed by atoms with Gasteiger partial charge in [0, 0.05) is 6.61 Å². The van der Waals surface area contributed by atoms with E-state index in [-0.39, 0.29) is 24.4 Å². The second-order valence-corrected chi connectivity index (χ2v) is 0.316. The Balaban J connectivity index is -0.00000000667. The first-order chi connectivity index (χ1) is 1.41. The largest absolute Gasteiger partial charge is 0.412 e. The Labute approximate surface area is 37.7 Å². The number of hydrogen-bond donors (Lipinski definition) is 3. The fourth-order valence-electron chi connectivity index (χ4n) is 0. The molecule has 0 spiro atoms. The molecular weight excluding hydrogens is 84.0 g/mol. The minimum atomic E-state index is 0. The average molecular weight is 98.1 g/mol. The molecule has 0 aromatic rings. The number of aliphatic hydroxyl groups excluding tert-OH is 1. The molecule has 0 aliphatic rings. The van der Waals surface area contributed by atoms with E-state index in [1.54, 1.807) is 6.92 Å². The van der Waals surface area contributed by atoms with Gasteiger partial charge in [0.1, 0.15) is 0 Å². The van der Waals surface area contributed by atoms with Gasteiger partial charge in [0.05, 0.1) is 0 Å². The van der Waals surface area contributed by atoms with Crippen LogP contribution in [0.25, 0.3) is 0 Å². The van der Waals surface area contributed by atoms with Gasteiger partial charge in [0.15, 0.2) is 0 Å². The van der Waals surface area contributed by atoms with Crippen LogP contribution in [-0.4, -0.2) is 17.2 Å². The second kappa shape index (κ2) is 101. The van der Waals surface area contributed by atoms with Gasteiger partial charge in [-0.2, -0.15) is 0 Å². The minimum absolute atomic E-state index is 0. The monoisotopic (exact) mass is 98.1 g/mol. The molecule has 0 aromatic heterocycles. The van der Waals surface area contributed by atoms with Crippen LogP contribution < -0.4 is 12.3 Å². The van der Waals surface area contributed by atoms with Gasteiger partial charge in [-0.1, -0.05) is 0 Å². The van der Waals surface area contributed by atoms with Crippen LogP contribution in [0.1, 0.15) is 6.92 Å². The van der Waals surface area contributed by atoms with Crippen LogP contribution in [-0.2, 0) is 0 Å². The molecule has 0 saturated carbocycles. The van der Waals surface area contributed by atoms with Crippen LogP contribution in [0.2, 0.25) is 0 Å². The molecule has 0 aliphatic carbocycles. The highest BCUT2D eigenvalue weighted by Crippen LogP contribution is 1.30.